The predicted molar refractivity (Wildman–Crippen MR) is 118 cm³/mol. The van der Waals surface area contributed by atoms with E-state index in [0.29, 0.717) is 0 Å². The lowest BCUT2D eigenvalue weighted by Crippen LogP contribution is -2.15. The van der Waals surface area contributed by atoms with Crippen molar-refractivity contribution in [3.63, 3.8) is 0 Å². The van der Waals surface area contributed by atoms with Gasteiger partial charge in [-0.1, -0.05) is 32.0 Å². The number of rotatable bonds is 2. The second-order valence-corrected chi connectivity index (χ2v) is 8.24. The summed E-state index contributed by atoms with van der Waals surface area (Å²) < 4.78 is 0. The molecule has 0 aliphatic heterocycles. The lowest BCUT2D eigenvalue weighted by Gasteiger charge is -2.23. The van der Waals surface area contributed by atoms with Crippen molar-refractivity contribution in [2.75, 3.05) is 0 Å². The SMILES string of the molecule is CC1(C)c2cc(-c3ccccn3)cc3ccc4cc(-c5cnccn5)cc1c4c23. The molecule has 2 heterocycles. The van der Waals surface area contributed by atoms with Crippen LogP contribution in [0.4, 0.5) is 0 Å². The molecule has 6 rings (SSSR count). The number of pyridine rings is 1. The van der Waals surface area contributed by atoms with E-state index in [2.05, 4.69) is 71.3 Å². The Bertz CT molecular complexity index is 1300. The Labute approximate surface area is 169 Å². The molecule has 138 valence electrons. The summed E-state index contributed by atoms with van der Waals surface area (Å²) >= 11 is 0. The van der Waals surface area contributed by atoms with Gasteiger partial charge in [0.25, 0.3) is 0 Å². The molecule has 0 fully saturated rings. The Hall–Kier alpha value is -3.59. The molecule has 29 heavy (non-hydrogen) atoms. The van der Waals surface area contributed by atoms with E-state index in [4.69, 9.17) is 0 Å². The monoisotopic (exact) mass is 373 g/mol. The smallest absolute Gasteiger partial charge is 0.0885 e. The largest absolute Gasteiger partial charge is 0.261 e. The first kappa shape index (κ1) is 16.4. The van der Waals surface area contributed by atoms with Gasteiger partial charge in [-0.15, -0.1) is 0 Å². The van der Waals surface area contributed by atoms with Crippen LogP contribution in [-0.2, 0) is 5.41 Å². The van der Waals surface area contributed by atoms with E-state index in [1.54, 1.807) is 12.4 Å². The highest BCUT2D eigenvalue weighted by Crippen LogP contribution is 2.50. The second kappa shape index (κ2) is 5.71. The van der Waals surface area contributed by atoms with Crippen LogP contribution < -0.4 is 0 Å². The molecule has 0 saturated heterocycles. The van der Waals surface area contributed by atoms with Crippen molar-refractivity contribution < 1.29 is 0 Å². The molecule has 3 nitrogen and oxygen atoms in total. The summed E-state index contributed by atoms with van der Waals surface area (Å²) in [7, 11) is 0. The molecular formula is C26H19N3. The first-order valence-corrected chi connectivity index (χ1v) is 9.86. The van der Waals surface area contributed by atoms with Gasteiger partial charge in [0.05, 0.1) is 17.6 Å². The van der Waals surface area contributed by atoms with Gasteiger partial charge in [-0.25, -0.2) is 0 Å². The molecule has 3 aromatic carbocycles. The van der Waals surface area contributed by atoms with Crippen LogP contribution in [0.5, 0.6) is 0 Å². The van der Waals surface area contributed by atoms with Gasteiger partial charge < -0.3 is 0 Å². The molecule has 0 spiro atoms. The highest BCUT2D eigenvalue weighted by Gasteiger charge is 2.35. The van der Waals surface area contributed by atoms with Crippen LogP contribution in [0.15, 0.2) is 79.4 Å². The molecular weight excluding hydrogens is 354 g/mol. The third-order valence-electron chi connectivity index (χ3n) is 6.20. The van der Waals surface area contributed by atoms with Crippen LogP contribution in [0.3, 0.4) is 0 Å². The van der Waals surface area contributed by atoms with Crippen molar-refractivity contribution >= 4 is 21.5 Å². The van der Waals surface area contributed by atoms with Gasteiger partial charge >= 0.3 is 0 Å². The lowest BCUT2D eigenvalue weighted by molar-refractivity contribution is 0.663. The van der Waals surface area contributed by atoms with Gasteiger partial charge in [0.15, 0.2) is 0 Å². The first-order valence-electron chi connectivity index (χ1n) is 9.86. The number of nitrogens with zero attached hydrogens (tertiary/aromatic N) is 3. The van der Waals surface area contributed by atoms with Crippen molar-refractivity contribution in [3.8, 4) is 22.5 Å². The Morgan fingerprint density at radius 1 is 0.655 bits per heavy atom. The zero-order valence-corrected chi connectivity index (χ0v) is 16.3. The van der Waals surface area contributed by atoms with Gasteiger partial charge in [0, 0.05) is 35.1 Å². The number of aromatic nitrogens is 3. The Kier molecular flexibility index (Phi) is 3.22. The minimum absolute atomic E-state index is 0.0941. The van der Waals surface area contributed by atoms with Gasteiger partial charge in [0.2, 0.25) is 0 Å². The van der Waals surface area contributed by atoms with Crippen LogP contribution in [0.25, 0.3) is 44.1 Å². The number of hydrogen-bond acceptors (Lipinski definition) is 3. The van der Waals surface area contributed by atoms with Crippen molar-refractivity contribution in [2.45, 2.75) is 19.3 Å². The molecule has 5 aromatic rings. The summed E-state index contributed by atoms with van der Waals surface area (Å²) in [5.41, 5.74) is 6.84. The van der Waals surface area contributed by atoms with Crippen molar-refractivity contribution in [2.24, 2.45) is 0 Å². The van der Waals surface area contributed by atoms with E-state index in [0.717, 1.165) is 17.0 Å². The molecule has 0 amide bonds. The van der Waals surface area contributed by atoms with E-state index in [-0.39, 0.29) is 5.41 Å². The average molecular weight is 373 g/mol. The molecule has 3 heteroatoms. The van der Waals surface area contributed by atoms with E-state index in [1.165, 1.54) is 38.2 Å². The normalized spacial score (nSPS) is 14.1. The summed E-state index contributed by atoms with van der Waals surface area (Å²) in [6, 6.07) is 19.7. The number of benzene rings is 3. The summed E-state index contributed by atoms with van der Waals surface area (Å²) in [5, 5.41) is 5.26. The van der Waals surface area contributed by atoms with Gasteiger partial charge in [-0.05, 0) is 69.1 Å². The zero-order valence-electron chi connectivity index (χ0n) is 16.3. The van der Waals surface area contributed by atoms with Crippen molar-refractivity contribution in [3.05, 3.63) is 90.5 Å². The number of hydrogen-bond donors (Lipinski definition) is 0. The highest BCUT2D eigenvalue weighted by molar-refractivity contribution is 6.16. The molecule has 1 aliphatic carbocycles. The first-order chi connectivity index (χ1) is 14.1. The van der Waals surface area contributed by atoms with Gasteiger partial charge in [0.1, 0.15) is 0 Å². The maximum atomic E-state index is 4.58. The molecule has 0 unspecified atom stereocenters. The van der Waals surface area contributed by atoms with Crippen molar-refractivity contribution in [1.82, 2.24) is 15.0 Å². The van der Waals surface area contributed by atoms with E-state index in [9.17, 15) is 0 Å². The second-order valence-electron chi connectivity index (χ2n) is 8.24. The van der Waals surface area contributed by atoms with Crippen LogP contribution in [0.2, 0.25) is 0 Å². The minimum atomic E-state index is -0.0941. The Balaban J connectivity index is 1.67. The maximum absolute atomic E-state index is 4.58. The van der Waals surface area contributed by atoms with Gasteiger partial charge in [-0.2, -0.15) is 0 Å². The average Bonchev–Trinajstić information content (AvgIpc) is 3.01. The third kappa shape index (κ3) is 2.27. The highest BCUT2D eigenvalue weighted by atomic mass is 14.8. The summed E-state index contributed by atoms with van der Waals surface area (Å²) in [5.74, 6) is 0. The lowest BCUT2D eigenvalue weighted by atomic mass is 9.80. The van der Waals surface area contributed by atoms with Gasteiger partial charge in [-0.3, -0.25) is 15.0 Å². The quantitative estimate of drug-likeness (QED) is 0.348. The van der Waals surface area contributed by atoms with E-state index in [1.807, 2.05) is 24.5 Å². The van der Waals surface area contributed by atoms with Crippen LogP contribution in [0, 0.1) is 0 Å². The summed E-state index contributed by atoms with van der Waals surface area (Å²) in [4.78, 5) is 13.4. The molecule has 2 aromatic heterocycles. The summed E-state index contributed by atoms with van der Waals surface area (Å²) in [6.07, 6.45) is 7.16. The molecule has 0 saturated carbocycles. The van der Waals surface area contributed by atoms with Crippen LogP contribution >= 0.6 is 0 Å². The Morgan fingerprint density at radius 3 is 1.90 bits per heavy atom. The molecule has 0 N–H and O–H groups in total. The summed E-state index contributed by atoms with van der Waals surface area (Å²) in [6.45, 7) is 4.64. The Morgan fingerprint density at radius 2 is 1.31 bits per heavy atom. The van der Waals surface area contributed by atoms with Crippen LogP contribution in [-0.4, -0.2) is 15.0 Å². The maximum Gasteiger partial charge on any atom is 0.0885 e. The van der Waals surface area contributed by atoms with E-state index < -0.39 is 0 Å². The fourth-order valence-corrected chi connectivity index (χ4v) is 4.74. The van der Waals surface area contributed by atoms with Crippen molar-refractivity contribution in [1.29, 1.82) is 0 Å². The topological polar surface area (TPSA) is 38.7 Å². The standard InChI is InChI=1S/C26H19N3/c1-26(2)20-13-18(22-5-3-4-8-28-22)11-16-6-7-17-12-19(23-15-27-9-10-29-23)14-21(26)25(17)24(16)20/h3-15H,1-2H3. The molecule has 0 bridgehead atoms. The third-order valence-corrected chi connectivity index (χ3v) is 6.20. The fourth-order valence-electron chi connectivity index (χ4n) is 4.74. The zero-order chi connectivity index (χ0) is 19.6. The predicted octanol–water partition coefficient (Wildman–Crippen LogP) is 6.15. The van der Waals surface area contributed by atoms with E-state index >= 15 is 0 Å². The fraction of sp³-hybridized carbons (Fsp3) is 0.115. The van der Waals surface area contributed by atoms with Crippen LogP contribution in [0.1, 0.15) is 25.0 Å². The molecule has 0 radical (unpaired) electrons. The molecule has 0 atom stereocenters. The molecule has 1 aliphatic rings. The minimum Gasteiger partial charge on any atom is -0.261 e.